The van der Waals surface area contributed by atoms with Gasteiger partial charge in [0.1, 0.15) is 0 Å². The van der Waals surface area contributed by atoms with Crippen molar-refractivity contribution in [3.63, 3.8) is 0 Å². The lowest BCUT2D eigenvalue weighted by molar-refractivity contribution is 0.398. The molecule has 0 N–H and O–H groups in total. The molecule has 0 bridgehead atoms. The number of hydrogen-bond acceptors (Lipinski definition) is 0. The second-order valence-electron chi connectivity index (χ2n) is 5.58. The van der Waals surface area contributed by atoms with Gasteiger partial charge in [-0.3, -0.25) is 0 Å². The molecule has 68 valence electrons. The first kappa shape index (κ1) is 11.0. The monoisotopic (exact) mass is 156 g/mol. The number of hydrogen-bond donors (Lipinski definition) is 0. The highest BCUT2D eigenvalue weighted by molar-refractivity contribution is 4.82. The summed E-state index contributed by atoms with van der Waals surface area (Å²) in [5.74, 6) is 0. The van der Waals surface area contributed by atoms with Crippen LogP contribution < -0.4 is 0 Å². The van der Waals surface area contributed by atoms with Crippen LogP contribution in [0.5, 0.6) is 0 Å². The van der Waals surface area contributed by atoms with E-state index in [1.165, 1.54) is 19.3 Å². The second-order valence-corrected chi connectivity index (χ2v) is 5.58. The van der Waals surface area contributed by atoms with Gasteiger partial charge in [0, 0.05) is 0 Å². The van der Waals surface area contributed by atoms with Gasteiger partial charge in [-0.05, 0) is 23.7 Å². The van der Waals surface area contributed by atoms with Crippen molar-refractivity contribution in [1.29, 1.82) is 0 Å². The molecular weight excluding hydrogens is 132 g/mol. The summed E-state index contributed by atoms with van der Waals surface area (Å²) in [6.45, 7) is 13.5. The molecule has 1 aliphatic rings. The van der Waals surface area contributed by atoms with E-state index in [1.54, 1.807) is 0 Å². The molecule has 0 amide bonds. The van der Waals surface area contributed by atoms with Crippen LogP contribution in [-0.2, 0) is 0 Å². The summed E-state index contributed by atoms with van der Waals surface area (Å²) >= 11 is 0. The maximum absolute atomic E-state index is 2.30. The lowest BCUT2D eigenvalue weighted by Crippen LogP contribution is -2.00. The Morgan fingerprint density at radius 3 is 1.27 bits per heavy atom. The third-order valence-corrected chi connectivity index (χ3v) is 2.31. The molecule has 0 saturated heterocycles. The maximum Gasteiger partial charge on any atom is -0.0354 e. The van der Waals surface area contributed by atoms with Crippen LogP contribution in [0.1, 0.15) is 60.8 Å². The molecule has 11 heavy (non-hydrogen) atoms. The van der Waals surface area contributed by atoms with Crippen LogP contribution >= 0.6 is 0 Å². The topological polar surface area (TPSA) is 0 Å². The van der Waals surface area contributed by atoms with Crippen molar-refractivity contribution < 1.29 is 0 Å². The summed E-state index contributed by atoms with van der Waals surface area (Å²) in [5.41, 5.74) is 1.29. The van der Waals surface area contributed by atoms with Gasteiger partial charge in [-0.25, -0.2) is 0 Å². The van der Waals surface area contributed by atoms with Crippen LogP contribution in [0.15, 0.2) is 0 Å². The molecule has 0 atom stereocenters. The molecule has 0 unspecified atom stereocenters. The molecule has 0 heteroatoms. The highest BCUT2D eigenvalue weighted by atomic mass is 14.4. The molecule has 1 rings (SSSR count). The van der Waals surface area contributed by atoms with Crippen molar-refractivity contribution >= 4 is 0 Å². The van der Waals surface area contributed by atoms with Gasteiger partial charge in [0.25, 0.3) is 0 Å². The second kappa shape index (κ2) is 3.60. The summed E-state index contributed by atoms with van der Waals surface area (Å²) < 4.78 is 0. The zero-order valence-corrected chi connectivity index (χ0v) is 9.12. The quantitative estimate of drug-likeness (QED) is 0.492. The maximum atomic E-state index is 2.30. The van der Waals surface area contributed by atoms with Gasteiger partial charge in [-0.1, -0.05) is 48.0 Å². The van der Waals surface area contributed by atoms with Crippen LogP contribution in [-0.4, -0.2) is 0 Å². The molecule has 0 spiro atoms. The predicted octanol–water partition coefficient (Wildman–Crippen LogP) is 4.25. The van der Waals surface area contributed by atoms with E-state index < -0.39 is 0 Å². The lowest BCUT2D eigenvalue weighted by atomic mass is 9.94. The largest absolute Gasteiger partial charge is 0.0649 e. The standard InChI is InChI=1S/C6H14.C5H10/c1-5-6(2,3)4;1-5(2)3-4-5/h5H2,1-4H3;3-4H2,1-2H3. The third-order valence-electron chi connectivity index (χ3n) is 2.31. The first-order chi connectivity index (χ1) is 4.77. The predicted molar refractivity (Wildman–Crippen MR) is 52.8 cm³/mol. The molecular formula is C11H24. The van der Waals surface area contributed by atoms with Crippen LogP contribution in [0.25, 0.3) is 0 Å². The van der Waals surface area contributed by atoms with E-state index in [2.05, 4.69) is 41.5 Å². The van der Waals surface area contributed by atoms with Crippen LogP contribution in [0.4, 0.5) is 0 Å². The summed E-state index contributed by atoms with van der Waals surface area (Å²) in [7, 11) is 0. The van der Waals surface area contributed by atoms with Gasteiger partial charge < -0.3 is 0 Å². The first-order valence-corrected chi connectivity index (χ1v) is 4.77. The summed E-state index contributed by atoms with van der Waals surface area (Å²) in [5, 5.41) is 0. The molecule has 0 nitrogen and oxygen atoms in total. The summed E-state index contributed by atoms with van der Waals surface area (Å²) in [6.07, 6.45) is 4.17. The van der Waals surface area contributed by atoms with E-state index in [0.29, 0.717) is 5.41 Å². The van der Waals surface area contributed by atoms with Crippen molar-refractivity contribution in [1.82, 2.24) is 0 Å². The molecule has 1 saturated carbocycles. The Labute approximate surface area is 72.4 Å². The minimum Gasteiger partial charge on any atom is -0.0649 e. The minimum absolute atomic E-state index is 0.542. The van der Waals surface area contributed by atoms with Crippen LogP contribution in [0.2, 0.25) is 0 Å². The van der Waals surface area contributed by atoms with Crippen LogP contribution in [0, 0.1) is 10.8 Å². The fourth-order valence-corrected chi connectivity index (χ4v) is 0.250. The molecule has 0 aromatic heterocycles. The van der Waals surface area contributed by atoms with Crippen LogP contribution in [0.3, 0.4) is 0 Å². The highest BCUT2D eigenvalue weighted by Crippen LogP contribution is 2.43. The molecule has 0 aromatic carbocycles. The molecule has 1 aliphatic carbocycles. The molecule has 0 heterocycles. The fraction of sp³-hybridized carbons (Fsp3) is 1.00. The van der Waals surface area contributed by atoms with Gasteiger partial charge in [-0.2, -0.15) is 0 Å². The average Bonchev–Trinajstić information content (AvgIpc) is 2.46. The van der Waals surface area contributed by atoms with Crippen molar-refractivity contribution in [2.75, 3.05) is 0 Å². The Morgan fingerprint density at radius 1 is 1.09 bits per heavy atom. The normalized spacial score (nSPS) is 20.2. The SMILES string of the molecule is CC1(C)CC1.CCC(C)(C)C. The van der Waals surface area contributed by atoms with Gasteiger partial charge in [-0.15, -0.1) is 0 Å². The Hall–Kier alpha value is 0. The van der Waals surface area contributed by atoms with E-state index >= 15 is 0 Å². The molecule has 0 aromatic rings. The Bertz CT molecular complexity index is 97.7. The Kier molecular flexibility index (Phi) is 3.60. The van der Waals surface area contributed by atoms with Crippen molar-refractivity contribution in [2.24, 2.45) is 10.8 Å². The average molecular weight is 156 g/mol. The van der Waals surface area contributed by atoms with Crippen molar-refractivity contribution in [3.05, 3.63) is 0 Å². The van der Waals surface area contributed by atoms with E-state index in [-0.39, 0.29) is 0 Å². The van der Waals surface area contributed by atoms with E-state index in [1.807, 2.05) is 0 Å². The van der Waals surface area contributed by atoms with E-state index in [0.717, 1.165) is 5.41 Å². The smallest absolute Gasteiger partial charge is 0.0354 e. The third kappa shape index (κ3) is 10.0. The zero-order valence-electron chi connectivity index (χ0n) is 9.12. The molecule has 0 aliphatic heterocycles. The van der Waals surface area contributed by atoms with Gasteiger partial charge in [0.15, 0.2) is 0 Å². The molecule has 1 fully saturated rings. The highest BCUT2D eigenvalue weighted by Gasteiger charge is 2.30. The first-order valence-electron chi connectivity index (χ1n) is 4.77. The Balaban J connectivity index is 0.000000183. The minimum atomic E-state index is 0.542. The van der Waals surface area contributed by atoms with Crippen molar-refractivity contribution in [3.8, 4) is 0 Å². The zero-order chi connectivity index (χ0) is 9.12. The summed E-state index contributed by atoms with van der Waals surface area (Å²) in [6, 6.07) is 0. The fourth-order valence-electron chi connectivity index (χ4n) is 0.250. The lowest BCUT2D eigenvalue weighted by Gasteiger charge is -2.12. The van der Waals surface area contributed by atoms with Gasteiger partial charge in [0.2, 0.25) is 0 Å². The van der Waals surface area contributed by atoms with Gasteiger partial charge >= 0.3 is 0 Å². The van der Waals surface area contributed by atoms with E-state index in [9.17, 15) is 0 Å². The summed E-state index contributed by atoms with van der Waals surface area (Å²) in [4.78, 5) is 0. The Morgan fingerprint density at radius 2 is 1.27 bits per heavy atom. The molecule has 0 radical (unpaired) electrons. The van der Waals surface area contributed by atoms with Crippen molar-refractivity contribution in [2.45, 2.75) is 60.8 Å². The van der Waals surface area contributed by atoms with Gasteiger partial charge in [0.05, 0.1) is 0 Å². The number of rotatable bonds is 0. The van der Waals surface area contributed by atoms with E-state index in [4.69, 9.17) is 0 Å².